The third-order valence-corrected chi connectivity index (χ3v) is 5.23. The summed E-state index contributed by atoms with van der Waals surface area (Å²) in [6.07, 6.45) is 8.82. The molecule has 120 valence electrons. The second-order valence-corrected chi connectivity index (χ2v) is 6.82. The van der Waals surface area contributed by atoms with Crippen molar-refractivity contribution in [1.82, 2.24) is 15.2 Å². The van der Waals surface area contributed by atoms with Gasteiger partial charge in [-0.2, -0.15) is 0 Å². The lowest BCUT2D eigenvalue weighted by Crippen LogP contribution is -2.41. The van der Waals surface area contributed by atoms with E-state index in [0.717, 1.165) is 24.7 Å². The zero-order valence-corrected chi connectivity index (χ0v) is 13.9. The predicted molar refractivity (Wildman–Crippen MR) is 90.9 cm³/mol. The zero-order chi connectivity index (χ0) is 15.4. The van der Waals surface area contributed by atoms with Crippen LogP contribution in [0.15, 0.2) is 23.3 Å². The molecule has 1 aromatic heterocycles. The quantitative estimate of drug-likeness (QED) is 0.689. The summed E-state index contributed by atoms with van der Waals surface area (Å²) in [6.45, 7) is 8.16. The highest BCUT2D eigenvalue weighted by molar-refractivity contribution is 5.80. The first-order valence-electron chi connectivity index (χ1n) is 8.66. The number of nitrogens with zero attached hydrogens (tertiary/aromatic N) is 3. The molecule has 2 fully saturated rings. The molecule has 1 aliphatic carbocycles. The monoisotopic (exact) mass is 300 g/mol. The Morgan fingerprint density at radius 3 is 2.91 bits per heavy atom. The van der Waals surface area contributed by atoms with E-state index in [0.29, 0.717) is 12.0 Å². The largest absolute Gasteiger partial charge is 0.357 e. The Bertz CT molecular complexity index is 532. The molecular weight excluding hydrogens is 272 g/mol. The average molecular weight is 300 g/mol. The predicted octanol–water partition coefficient (Wildman–Crippen LogP) is 3.12. The van der Waals surface area contributed by atoms with Gasteiger partial charge in [0.05, 0.1) is 12.2 Å². The molecule has 4 heteroatoms. The van der Waals surface area contributed by atoms with Gasteiger partial charge < -0.3 is 10.2 Å². The maximum atomic E-state index is 4.85. The third-order valence-electron chi connectivity index (χ3n) is 5.23. The van der Waals surface area contributed by atoms with Gasteiger partial charge in [0.1, 0.15) is 0 Å². The third kappa shape index (κ3) is 3.26. The Labute approximate surface area is 134 Å². The molecule has 0 bridgehead atoms. The minimum Gasteiger partial charge on any atom is -0.357 e. The SMILES string of the molecule is CCNC(=NCc1ncccc1C)N1CCC2(CCCC2)C1. The number of pyridine rings is 1. The molecule has 0 atom stereocenters. The summed E-state index contributed by atoms with van der Waals surface area (Å²) < 4.78 is 0. The fourth-order valence-electron chi connectivity index (χ4n) is 3.91. The minimum absolute atomic E-state index is 0.580. The Balaban J connectivity index is 1.70. The molecule has 1 spiro atoms. The molecule has 0 unspecified atom stereocenters. The van der Waals surface area contributed by atoms with E-state index in [2.05, 4.69) is 35.1 Å². The van der Waals surface area contributed by atoms with Crippen LogP contribution in [0.5, 0.6) is 0 Å². The summed E-state index contributed by atoms with van der Waals surface area (Å²) in [4.78, 5) is 11.8. The number of hydrogen-bond acceptors (Lipinski definition) is 2. The van der Waals surface area contributed by atoms with Crippen LogP contribution in [0.25, 0.3) is 0 Å². The lowest BCUT2D eigenvalue weighted by Gasteiger charge is -2.26. The zero-order valence-electron chi connectivity index (χ0n) is 13.9. The van der Waals surface area contributed by atoms with Crippen LogP contribution >= 0.6 is 0 Å². The number of rotatable bonds is 3. The highest BCUT2D eigenvalue weighted by Gasteiger charge is 2.41. The number of aryl methyl sites for hydroxylation is 1. The molecule has 0 radical (unpaired) electrons. The number of hydrogen-bond donors (Lipinski definition) is 1. The van der Waals surface area contributed by atoms with E-state index in [1.165, 1.54) is 44.2 Å². The lowest BCUT2D eigenvalue weighted by molar-refractivity contribution is 0.309. The Kier molecular flexibility index (Phi) is 4.65. The van der Waals surface area contributed by atoms with Crippen LogP contribution in [0.1, 0.15) is 50.3 Å². The van der Waals surface area contributed by atoms with E-state index < -0.39 is 0 Å². The van der Waals surface area contributed by atoms with Gasteiger partial charge in [-0.05, 0) is 50.2 Å². The van der Waals surface area contributed by atoms with Crippen molar-refractivity contribution in [3.8, 4) is 0 Å². The van der Waals surface area contributed by atoms with Crippen molar-refractivity contribution in [2.45, 2.75) is 52.5 Å². The summed E-state index contributed by atoms with van der Waals surface area (Å²) in [5, 5.41) is 3.47. The van der Waals surface area contributed by atoms with Crippen molar-refractivity contribution in [3.05, 3.63) is 29.6 Å². The molecule has 22 heavy (non-hydrogen) atoms. The first kappa shape index (κ1) is 15.3. The molecule has 2 aliphatic rings. The molecule has 2 heterocycles. The van der Waals surface area contributed by atoms with Gasteiger partial charge in [-0.1, -0.05) is 18.9 Å². The fourth-order valence-corrected chi connectivity index (χ4v) is 3.91. The molecule has 1 N–H and O–H groups in total. The number of guanidine groups is 1. The molecule has 1 saturated heterocycles. The molecule has 1 saturated carbocycles. The smallest absolute Gasteiger partial charge is 0.194 e. The first-order chi connectivity index (χ1) is 10.7. The van der Waals surface area contributed by atoms with Crippen LogP contribution in [-0.2, 0) is 6.54 Å². The normalized spacial score (nSPS) is 20.8. The van der Waals surface area contributed by atoms with E-state index in [4.69, 9.17) is 4.99 Å². The number of aliphatic imine (C=N–C) groups is 1. The summed E-state index contributed by atoms with van der Waals surface area (Å²) in [7, 11) is 0. The van der Waals surface area contributed by atoms with E-state index in [-0.39, 0.29) is 0 Å². The van der Waals surface area contributed by atoms with Crippen LogP contribution in [0.3, 0.4) is 0 Å². The van der Waals surface area contributed by atoms with Gasteiger partial charge in [-0.25, -0.2) is 4.99 Å². The highest BCUT2D eigenvalue weighted by Crippen LogP contribution is 2.45. The van der Waals surface area contributed by atoms with Crippen LogP contribution in [0, 0.1) is 12.3 Å². The van der Waals surface area contributed by atoms with Crippen molar-refractivity contribution < 1.29 is 0 Å². The Morgan fingerprint density at radius 1 is 1.36 bits per heavy atom. The second-order valence-electron chi connectivity index (χ2n) is 6.82. The maximum absolute atomic E-state index is 4.85. The van der Waals surface area contributed by atoms with E-state index in [1.54, 1.807) is 0 Å². The van der Waals surface area contributed by atoms with Crippen LogP contribution in [0.4, 0.5) is 0 Å². The minimum atomic E-state index is 0.580. The summed E-state index contributed by atoms with van der Waals surface area (Å²) in [5.74, 6) is 1.07. The van der Waals surface area contributed by atoms with Crippen molar-refractivity contribution in [3.63, 3.8) is 0 Å². The molecule has 3 rings (SSSR count). The van der Waals surface area contributed by atoms with E-state index in [1.807, 2.05) is 12.3 Å². The maximum Gasteiger partial charge on any atom is 0.194 e. The molecular formula is C18H28N4. The van der Waals surface area contributed by atoms with Crippen molar-refractivity contribution in [2.75, 3.05) is 19.6 Å². The van der Waals surface area contributed by atoms with Gasteiger partial charge in [0.25, 0.3) is 0 Å². The summed E-state index contributed by atoms with van der Waals surface area (Å²) >= 11 is 0. The second kappa shape index (κ2) is 6.67. The number of aromatic nitrogens is 1. The Morgan fingerprint density at radius 2 is 2.18 bits per heavy atom. The van der Waals surface area contributed by atoms with E-state index >= 15 is 0 Å². The van der Waals surface area contributed by atoms with Crippen LogP contribution in [-0.4, -0.2) is 35.5 Å². The van der Waals surface area contributed by atoms with Gasteiger partial charge >= 0.3 is 0 Å². The van der Waals surface area contributed by atoms with Crippen molar-refractivity contribution >= 4 is 5.96 Å². The number of likely N-dealkylation sites (tertiary alicyclic amines) is 1. The summed E-state index contributed by atoms with van der Waals surface area (Å²) in [5.41, 5.74) is 2.88. The van der Waals surface area contributed by atoms with Gasteiger partial charge in [0.15, 0.2) is 5.96 Å². The molecule has 1 aromatic rings. The fraction of sp³-hybridized carbons (Fsp3) is 0.667. The standard InChI is InChI=1S/C18H28N4/c1-3-19-17(21-13-16-15(2)7-6-11-20-16)22-12-10-18(14-22)8-4-5-9-18/h6-7,11H,3-5,8-10,12-14H2,1-2H3,(H,19,21). The first-order valence-corrected chi connectivity index (χ1v) is 8.66. The van der Waals surface area contributed by atoms with Gasteiger partial charge in [0.2, 0.25) is 0 Å². The Hall–Kier alpha value is -1.58. The lowest BCUT2D eigenvalue weighted by atomic mass is 9.86. The van der Waals surface area contributed by atoms with Crippen LogP contribution < -0.4 is 5.32 Å². The molecule has 1 aliphatic heterocycles. The number of nitrogens with one attached hydrogen (secondary N) is 1. The highest BCUT2D eigenvalue weighted by atomic mass is 15.3. The average Bonchev–Trinajstić information content (AvgIpc) is 3.16. The topological polar surface area (TPSA) is 40.5 Å². The molecule has 0 amide bonds. The molecule has 4 nitrogen and oxygen atoms in total. The molecule has 0 aromatic carbocycles. The van der Waals surface area contributed by atoms with Crippen molar-refractivity contribution in [1.29, 1.82) is 0 Å². The summed E-state index contributed by atoms with van der Waals surface area (Å²) in [6, 6.07) is 4.09. The van der Waals surface area contributed by atoms with Gasteiger partial charge in [0, 0.05) is 25.8 Å². The van der Waals surface area contributed by atoms with Crippen LogP contribution in [0.2, 0.25) is 0 Å². The van der Waals surface area contributed by atoms with Crippen molar-refractivity contribution in [2.24, 2.45) is 10.4 Å². The van der Waals surface area contributed by atoms with Gasteiger partial charge in [-0.3, -0.25) is 4.98 Å². The van der Waals surface area contributed by atoms with E-state index in [9.17, 15) is 0 Å². The van der Waals surface area contributed by atoms with Gasteiger partial charge in [-0.15, -0.1) is 0 Å².